The van der Waals surface area contributed by atoms with Crippen LogP contribution in [0.25, 0.3) is 18.2 Å². The molecule has 230 valence electrons. The Balaban J connectivity index is 1.90. The highest BCUT2D eigenvalue weighted by Gasteiger charge is 2.29. The van der Waals surface area contributed by atoms with Crippen molar-refractivity contribution in [2.75, 3.05) is 0 Å². The molecular weight excluding hydrogens is 560 g/mol. The van der Waals surface area contributed by atoms with E-state index in [4.69, 9.17) is 0 Å². The van der Waals surface area contributed by atoms with Crippen molar-refractivity contribution in [2.45, 2.75) is 66.7 Å². The van der Waals surface area contributed by atoms with Crippen LogP contribution in [0.15, 0.2) is 46.1 Å². The third-order valence-corrected chi connectivity index (χ3v) is 8.34. The topological polar surface area (TPSA) is 165 Å². The molecule has 0 radical (unpaired) electrons. The zero-order valence-electron chi connectivity index (χ0n) is 25.7. The van der Waals surface area contributed by atoms with Crippen molar-refractivity contribution in [2.24, 2.45) is 10.9 Å². The molecule has 2 aliphatic heterocycles. The first kappa shape index (κ1) is 31.9. The number of aromatic amines is 2. The molecule has 2 aromatic rings. The molecule has 1 saturated heterocycles. The van der Waals surface area contributed by atoms with Gasteiger partial charge < -0.3 is 25.5 Å². The van der Waals surface area contributed by atoms with Crippen molar-refractivity contribution >= 4 is 47.7 Å². The van der Waals surface area contributed by atoms with Crippen LogP contribution in [0.2, 0.25) is 0 Å². The number of carboxylic acid groups (broad SMARTS) is 2. The zero-order valence-corrected chi connectivity index (χ0v) is 25.7. The lowest BCUT2D eigenvalue weighted by Crippen LogP contribution is -2.16. The molecule has 5 N–H and O–H groups in total. The summed E-state index contributed by atoms with van der Waals surface area (Å²) in [4.78, 5) is 58.9. The van der Waals surface area contributed by atoms with Crippen LogP contribution < -0.4 is 16.0 Å². The zero-order chi connectivity index (χ0) is 32.3. The summed E-state index contributed by atoms with van der Waals surface area (Å²) in [5.41, 5.74) is 8.15. The van der Waals surface area contributed by atoms with Gasteiger partial charge in [0.25, 0.3) is 5.91 Å². The van der Waals surface area contributed by atoms with Crippen molar-refractivity contribution in [3.05, 3.63) is 85.5 Å². The number of carbonyl (C=O) groups is 4. The van der Waals surface area contributed by atoms with E-state index in [-0.39, 0.29) is 43.4 Å². The van der Waals surface area contributed by atoms with E-state index in [9.17, 15) is 29.4 Å². The Hall–Kier alpha value is -4.99. The molecule has 4 rings (SSSR count). The number of nitrogens with one attached hydrogen (secondary N) is 3. The largest absolute Gasteiger partial charge is 0.481 e. The van der Waals surface area contributed by atoms with Crippen molar-refractivity contribution in [1.82, 2.24) is 15.3 Å². The molecule has 0 spiro atoms. The normalized spacial score (nSPS) is 19.5. The smallest absolute Gasteiger partial charge is 0.303 e. The maximum absolute atomic E-state index is 12.5. The van der Waals surface area contributed by atoms with Gasteiger partial charge in [-0.3, -0.25) is 19.2 Å². The van der Waals surface area contributed by atoms with Gasteiger partial charge in [-0.05, 0) is 106 Å². The number of rotatable bonds is 11. The first-order valence-electron chi connectivity index (χ1n) is 14.5. The SMILES string of the molecule is C=CCC1=C(C)C(/C=c2\[nH]/c(=C\c3[nH]c(/C=C4\NC(=O)C(C)\C4=C/C)c(C)c3CCC(=O)O)c(CCC(=O)O)c2C)=NC1=O. The van der Waals surface area contributed by atoms with E-state index in [1.54, 1.807) is 12.2 Å². The molecule has 1 fully saturated rings. The predicted molar refractivity (Wildman–Crippen MR) is 169 cm³/mol. The van der Waals surface area contributed by atoms with Crippen LogP contribution in [0.5, 0.6) is 0 Å². The predicted octanol–water partition coefficient (Wildman–Crippen LogP) is 3.53. The van der Waals surface area contributed by atoms with Crippen LogP contribution in [-0.2, 0) is 32.0 Å². The molecule has 2 amide bonds. The van der Waals surface area contributed by atoms with Crippen LogP contribution >= 0.6 is 0 Å². The Kier molecular flexibility index (Phi) is 9.52. The second-order valence-electron chi connectivity index (χ2n) is 11.1. The molecular formula is C34H38N4O6. The van der Waals surface area contributed by atoms with Gasteiger partial charge in [0.05, 0.1) is 11.6 Å². The fraction of sp³-hybridized carbons (Fsp3) is 0.324. The Morgan fingerprint density at radius 3 is 2.18 bits per heavy atom. The number of carboxylic acids is 2. The van der Waals surface area contributed by atoms with Crippen molar-refractivity contribution in [1.29, 1.82) is 0 Å². The minimum absolute atomic E-state index is 0.0788. The van der Waals surface area contributed by atoms with Gasteiger partial charge in [-0.15, -0.1) is 6.58 Å². The van der Waals surface area contributed by atoms with E-state index in [1.165, 1.54) is 0 Å². The average molecular weight is 599 g/mol. The number of hydrogen-bond donors (Lipinski definition) is 5. The molecule has 1 atom stereocenters. The number of carbonyl (C=O) groups excluding carboxylic acids is 2. The third kappa shape index (κ3) is 6.49. The quantitative estimate of drug-likeness (QED) is 0.248. The highest BCUT2D eigenvalue weighted by molar-refractivity contribution is 6.30. The summed E-state index contributed by atoms with van der Waals surface area (Å²) in [6.45, 7) is 13.1. The van der Waals surface area contributed by atoms with E-state index >= 15 is 0 Å². The Morgan fingerprint density at radius 2 is 1.57 bits per heavy atom. The molecule has 44 heavy (non-hydrogen) atoms. The summed E-state index contributed by atoms with van der Waals surface area (Å²) in [5, 5.41) is 23.2. The summed E-state index contributed by atoms with van der Waals surface area (Å²) in [6.07, 6.45) is 9.87. The standard InChI is InChI=1S/C34H38N4O6/c1-7-9-24-19(5)27(37-34(24)44)14-25-17(3)22(10-12-31(39)40)29(35-25)16-30-23(11-13-32(41)42)18(4)26(36-30)15-28-21(8-2)20(6)33(43)38-28/h7-8,14-16,20,35-36H,1,9-13H2,2-6H3,(H,38,43)(H,39,40)(H,41,42)/b21-8+,25-14-,28-15-,29-16-. The van der Waals surface area contributed by atoms with Crippen molar-refractivity contribution in [3.63, 3.8) is 0 Å². The number of nitrogens with zero attached hydrogens (tertiary/aromatic N) is 1. The lowest BCUT2D eigenvalue weighted by atomic mass is 10.00. The summed E-state index contributed by atoms with van der Waals surface area (Å²) in [5.74, 6) is -2.52. The molecule has 0 aromatic carbocycles. The number of H-pyrrole nitrogens is 2. The third-order valence-electron chi connectivity index (χ3n) is 8.34. The summed E-state index contributed by atoms with van der Waals surface area (Å²) >= 11 is 0. The van der Waals surface area contributed by atoms with Crippen LogP contribution in [0.3, 0.4) is 0 Å². The first-order valence-corrected chi connectivity index (χ1v) is 14.5. The lowest BCUT2D eigenvalue weighted by Gasteiger charge is -2.03. The van der Waals surface area contributed by atoms with Crippen LogP contribution in [0, 0.1) is 19.8 Å². The maximum atomic E-state index is 12.5. The number of aliphatic carboxylic acids is 2. The summed E-state index contributed by atoms with van der Waals surface area (Å²) in [6, 6.07) is 0. The average Bonchev–Trinajstić information content (AvgIpc) is 3.60. The lowest BCUT2D eigenvalue weighted by molar-refractivity contribution is -0.138. The molecule has 2 aliphatic rings. The number of aliphatic imine (C=N–C) groups is 1. The molecule has 1 unspecified atom stereocenters. The van der Waals surface area contributed by atoms with Crippen LogP contribution in [0.4, 0.5) is 0 Å². The molecule has 2 aromatic heterocycles. The van der Waals surface area contributed by atoms with E-state index in [0.29, 0.717) is 39.8 Å². The molecule has 0 bridgehead atoms. The maximum Gasteiger partial charge on any atom is 0.303 e. The number of aromatic nitrogens is 2. The fourth-order valence-electron chi connectivity index (χ4n) is 5.74. The Morgan fingerprint density at radius 1 is 0.909 bits per heavy atom. The molecule has 10 heteroatoms. The number of allylic oxidation sites excluding steroid dienone is 4. The van der Waals surface area contributed by atoms with Gasteiger partial charge in [-0.1, -0.05) is 12.2 Å². The fourth-order valence-corrected chi connectivity index (χ4v) is 5.74. The monoisotopic (exact) mass is 598 g/mol. The minimum atomic E-state index is -0.930. The second kappa shape index (κ2) is 13.1. The van der Waals surface area contributed by atoms with E-state index in [2.05, 4.69) is 26.9 Å². The van der Waals surface area contributed by atoms with E-state index < -0.39 is 11.9 Å². The van der Waals surface area contributed by atoms with Gasteiger partial charge in [-0.25, -0.2) is 4.99 Å². The molecule has 0 aliphatic carbocycles. The molecule has 0 saturated carbocycles. The van der Waals surface area contributed by atoms with Gasteiger partial charge in [0, 0.05) is 46.2 Å². The second-order valence-corrected chi connectivity index (χ2v) is 11.1. The van der Waals surface area contributed by atoms with Crippen molar-refractivity contribution in [3.8, 4) is 0 Å². The van der Waals surface area contributed by atoms with Crippen LogP contribution in [0.1, 0.15) is 73.7 Å². The highest BCUT2D eigenvalue weighted by Crippen LogP contribution is 2.29. The van der Waals surface area contributed by atoms with E-state index in [0.717, 1.165) is 39.1 Å². The molecule has 10 nitrogen and oxygen atoms in total. The van der Waals surface area contributed by atoms with E-state index in [1.807, 2.05) is 52.8 Å². The van der Waals surface area contributed by atoms with Gasteiger partial charge >= 0.3 is 11.9 Å². The first-order chi connectivity index (χ1) is 20.9. The highest BCUT2D eigenvalue weighted by atomic mass is 16.4. The number of amides is 2. The summed E-state index contributed by atoms with van der Waals surface area (Å²) < 4.78 is 0. The Bertz CT molecular complexity index is 1830. The molecule has 4 heterocycles. The van der Waals surface area contributed by atoms with Gasteiger partial charge in [0.2, 0.25) is 5.91 Å². The Labute approximate surface area is 255 Å². The van der Waals surface area contributed by atoms with Gasteiger partial charge in [-0.2, -0.15) is 0 Å². The minimum Gasteiger partial charge on any atom is -0.481 e. The van der Waals surface area contributed by atoms with Crippen molar-refractivity contribution < 1.29 is 29.4 Å². The number of hydrogen-bond acceptors (Lipinski definition) is 4. The van der Waals surface area contributed by atoms with Gasteiger partial charge in [0.15, 0.2) is 0 Å². The van der Waals surface area contributed by atoms with Gasteiger partial charge in [0.1, 0.15) is 0 Å². The van der Waals surface area contributed by atoms with Crippen LogP contribution in [-0.4, -0.2) is 49.6 Å². The summed E-state index contributed by atoms with van der Waals surface area (Å²) in [7, 11) is 0.